The Morgan fingerprint density at radius 3 is 1.67 bits per heavy atom. The monoisotopic (exact) mass is 372 g/mol. The maximum Gasteiger partial charge on any atom is 0.274 e. The summed E-state index contributed by atoms with van der Waals surface area (Å²) in [5.74, 6) is 0. The average Bonchev–Trinajstić information content (AvgIpc) is 2.63. The molecule has 0 amide bonds. The van der Waals surface area contributed by atoms with Crippen LogP contribution in [0.1, 0.15) is 25.0 Å². The van der Waals surface area contributed by atoms with Gasteiger partial charge in [0.1, 0.15) is 0 Å². The first-order chi connectivity index (χ1) is 12.9. The summed E-state index contributed by atoms with van der Waals surface area (Å²) in [5.41, 5.74) is 1.69. The third kappa shape index (κ3) is 5.98. The van der Waals surface area contributed by atoms with E-state index in [4.69, 9.17) is 9.47 Å². The first-order valence-corrected chi connectivity index (χ1v) is 8.21. The van der Waals surface area contributed by atoms with Gasteiger partial charge in [0.05, 0.1) is 34.2 Å². The smallest absolute Gasteiger partial charge is 0.274 e. The molecular formula is C19H20N2O6. The number of nitrogens with zero attached hydrogens (tertiary/aromatic N) is 2. The minimum Gasteiger partial charge on any atom is -0.344 e. The number of para-hydroxylation sites is 2. The van der Waals surface area contributed by atoms with E-state index >= 15 is 0 Å². The number of rotatable bonds is 9. The molecule has 2 aromatic carbocycles. The predicted octanol–water partition coefficient (Wildman–Crippen LogP) is 4.53. The van der Waals surface area contributed by atoms with Gasteiger partial charge < -0.3 is 9.47 Å². The standard InChI is InChI=1S/C19H20N2O6/c1-14(2)11-19(26-12-15-7-3-5-9-17(15)20(22)23)27-13-16-8-4-6-10-18(16)21(24)25/h3-11,19H,12-13H2,1-2H3. The number of nitro benzene ring substituents is 2. The minimum absolute atomic E-state index is 0.0253. The molecule has 0 aliphatic rings. The van der Waals surface area contributed by atoms with Crippen LogP contribution in [0.4, 0.5) is 11.4 Å². The Labute approximate surface area is 156 Å². The molecule has 0 spiro atoms. The lowest BCUT2D eigenvalue weighted by molar-refractivity contribution is -0.386. The Kier molecular flexibility index (Phi) is 7.16. The molecule has 27 heavy (non-hydrogen) atoms. The summed E-state index contributed by atoms with van der Waals surface area (Å²) in [5, 5.41) is 22.2. The van der Waals surface area contributed by atoms with Crippen molar-refractivity contribution in [2.75, 3.05) is 0 Å². The van der Waals surface area contributed by atoms with Gasteiger partial charge in [-0.3, -0.25) is 20.2 Å². The maximum atomic E-state index is 11.1. The normalized spacial score (nSPS) is 10.6. The van der Waals surface area contributed by atoms with Crippen LogP contribution in [-0.4, -0.2) is 16.1 Å². The van der Waals surface area contributed by atoms with Crippen molar-refractivity contribution in [1.29, 1.82) is 0 Å². The van der Waals surface area contributed by atoms with Crippen molar-refractivity contribution in [1.82, 2.24) is 0 Å². The molecule has 2 aromatic rings. The second kappa shape index (κ2) is 9.56. The molecule has 0 heterocycles. The lowest BCUT2D eigenvalue weighted by atomic mass is 10.2. The van der Waals surface area contributed by atoms with Gasteiger partial charge in [-0.25, -0.2) is 0 Å². The zero-order valence-electron chi connectivity index (χ0n) is 15.0. The van der Waals surface area contributed by atoms with E-state index in [2.05, 4.69) is 0 Å². The van der Waals surface area contributed by atoms with Crippen LogP contribution in [0.5, 0.6) is 0 Å². The molecule has 0 aliphatic carbocycles. The first kappa shape index (κ1) is 20.2. The predicted molar refractivity (Wildman–Crippen MR) is 99.0 cm³/mol. The lowest BCUT2D eigenvalue weighted by Gasteiger charge is -2.16. The third-order valence-corrected chi connectivity index (χ3v) is 3.65. The van der Waals surface area contributed by atoms with Gasteiger partial charge in [-0.05, 0) is 32.1 Å². The highest BCUT2D eigenvalue weighted by Crippen LogP contribution is 2.22. The van der Waals surface area contributed by atoms with Gasteiger partial charge in [0, 0.05) is 12.1 Å². The molecule has 0 radical (unpaired) electrons. The van der Waals surface area contributed by atoms with Gasteiger partial charge in [0.15, 0.2) is 6.29 Å². The van der Waals surface area contributed by atoms with Gasteiger partial charge in [-0.15, -0.1) is 0 Å². The van der Waals surface area contributed by atoms with Gasteiger partial charge >= 0.3 is 0 Å². The molecule has 8 nitrogen and oxygen atoms in total. The van der Waals surface area contributed by atoms with Crippen molar-refractivity contribution in [3.63, 3.8) is 0 Å². The molecule has 0 unspecified atom stereocenters. The highest BCUT2D eigenvalue weighted by atomic mass is 16.7. The Bertz CT molecular complexity index is 784. The molecule has 8 heteroatoms. The summed E-state index contributed by atoms with van der Waals surface area (Å²) in [7, 11) is 0. The largest absolute Gasteiger partial charge is 0.344 e. The molecule has 0 saturated heterocycles. The second-order valence-corrected chi connectivity index (χ2v) is 6.01. The fourth-order valence-electron chi connectivity index (χ4n) is 2.38. The van der Waals surface area contributed by atoms with Crippen LogP contribution in [0, 0.1) is 20.2 Å². The Morgan fingerprint density at radius 1 is 0.889 bits per heavy atom. The van der Waals surface area contributed by atoms with Gasteiger partial charge in [0.25, 0.3) is 11.4 Å². The molecule has 0 bridgehead atoms. The van der Waals surface area contributed by atoms with Crippen LogP contribution >= 0.6 is 0 Å². The molecule has 0 aliphatic heterocycles. The number of allylic oxidation sites excluding steroid dienone is 1. The highest BCUT2D eigenvalue weighted by Gasteiger charge is 2.17. The lowest BCUT2D eigenvalue weighted by Crippen LogP contribution is -2.16. The average molecular weight is 372 g/mol. The van der Waals surface area contributed by atoms with E-state index in [0.29, 0.717) is 11.1 Å². The molecule has 0 N–H and O–H groups in total. The summed E-state index contributed by atoms with van der Waals surface area (Å²) < 4.78 is 11.4. The Balaban J connectivity index is 2.10. The molecule has 142 valence electrons. The highest BCUT2D eigenvalue weighted by molar-refractivity contribution is 5.40. The van der Waals surface area contributed by atoms with Gasteiger partial charge in [0.2, 0.25) is 0 Å². The Hall–Kier alpha value is -3.10. The number of ether oxygens (including phenoxy) is 2. The second-order valence-electron chi connectivity index (χ2n) is 6.01. The van der Waals surface area contributed by atoms with Gasteiger partial charge in [-0.1, -0.05) is 29.8 Å². The van der Waals surface area contributed by atoms with Gasteiger partial charge in [-0.2, -0.15) is 0 Å². The van der Waals surface area contributed by atoms with Crippen LogP contribution in [0.3, 0.4) is 0 Å². The SMILES string of the molecule is CC(C)=CC(OCc1ccccc1[N+](=O)[O-])OCc1ccccc1[N+](=O)[O-]. The van der Waals surface area contributed by atoms with Crippen LogP contribution in [0.15, 0.2) is 60.2 Å². The topological polar surface area (TPSA) is 105 Å². The fourth-order valence-corrected chi connectivity index (χ4v) is 2.38. The Morgan fingerprint density at radius 2 is 1.30 bits per heavy atom. The summed E-state index contributed by atoms with van der Waals surface area (Å²) in [6.07, 6.45) is 0.915. The molecule has 2 rings (SSSR count). The quantitative estimate of drug-likeness (QED) is 0.277. The van der Waals surface area contributed by atoms with Crippen LogP contribution < -0.4 is 0 Å². The fraction of sp³-hybridized carbons (Fsp3) is 0.263. The van der Waals surface area contributed by atoms with Crippen LogP contribution in [0.25, 0.3) is 0 Å². The molecule has 0 saturated carbocycles. The van der Waals surface area contributed by atoms with E-state index < -0.39 is 16.1 Å². The number of hydrogen-bond acceptors (Lipinski definition) is 6. The molecule has 0 atom stereocenters. The van der Waals surface area contributed by atoms with E-state index in [1.807, 2.05) is 13.8 Å². The van der Waals surface area contributed by atoms with Crippen molar-refractivity contribution >= 4 is 11.4 Å². The van der Waals surface area contributed by atoms with Crippen LogP contribution in [0.2, 0.25) is 0 Å². The van der Waals surface area contributed by atoms with E-state index in [1.165, 1.54) is 12.1 Å². The number of benzene rings is 2. The molecular weight excluding hydrogens is 352 g/mol. The van der Waals surface area contributed by atoms with E-state index in [0.717, 1.165) is 5.57 Å². The first-order valence-electron chi connectivity index (χ1n) is 8.21. The van der Waals surface area contributed by atoms with Crippen LogP contribution in [-0.2, 0) is 22.7 Å². The summed E-state index contributed by atoms with van der Waals surface area (Å²) in [6, 6.07) is 12.6. The summed E-state index contributed by atoms with van der Waals surface area (Å²) in [6.45, 7) is 3.66. The van der Waals surface area contributed by atoms with Crippen molar-refractivity contribution in [2.45, 2.75) is 33.4 Å². The third-order valence-electron chi connectivity index (χ3n) is 3.65. The number of hydrogen-bond donors (Lipinski definition) is 0. The van der Waals surface area contributed by atoms with E-state index in [1.54, 1.807) is 42.5 Å². The van der Waals surface area contributed by atoms with Crippen molar-refractivity contribution < 1.29 is 19.3 Å². The number of nitro groups is 2. The summed E-state index contributed by atoms with van der Waals surface area (Å²) >= 11 is 0. The zero-order chi connectivity index (χ0) is 19.8. The molecule has 0 fully saturated rings. The van der Waals surface area contributed by atoms with Crippen molar-refractivity contribution in [3.8, 4) is 0 Å². The van der Waals surface area contributed by atoms with E-state index in [9.17, 15) is 20.2 Å². The molecule has 0 aromatic heterocycles. The maximum absolute atomic E-state index is 11.1. The minimum atomic E-state index is -0.797. The zero-order valence-corrected chi connectivity index (χ0v) is 15.0. The summed E-state index contributed by atoms with van der Waals surface area (Å²) in [4.78, 5) is 21.3. The van der Waals surface area contributed by atoms with Crippen molar-refractivity contribution in [2.24, 2.45) is 0 Å². The van der Waals surface area contributed by atoms with E-state index in [-0.39, 0.29) is 24.6 Å². The van der Waals surface area contributed by atoms with Crippen molar-refractivity contribution in [3.05, 3.63) is 91.5 Å².